The second-order valence-electron chi connectivity index (χ2n) is 6.02. The minimum Gasteiger partial charge on any atom is -0.342 e. The van der Waals surface area contributed by atoms with E-state index < -0.39 is 0 Å². The fraction of sp³-hybridized carbons (Fsp3) is 0.444. The summed E-state index contributed by atoms with van der Waals surface area (Å²) in [7, 11) is 0. The lowest BCUT2D eigenvalue weighted by molar-refractivity contribution is 0.726. The smallest absolute Gasteiger partial charge is 0.256 e. The largest absolute Gasteiger partial charge is 0.342 e. The Hall–Kier alpha value is -2.10. The van der Waals surface area contributed by atoms with Gasteiger partial charge in [0.1, 0.15) is 0 Å². The van der Waals surface area contributed by atoms with Crippen LogP contribution in [0.4, 0.5) is 5.95 Å². The molecule has 0 spiro atoms. The van der Waals surface area contributed by atoms with E-state index in [1.165, 1.54) is 25.7 Å². The lowest BCUT2D eigenvalue weighted by atomic mass is 10.1. The summed E-state index contributed by atoms with van der Waals surface area (Å²) in [5.41, 5.74) is 2.74. The lowest BCUT2D eigenvalue weighted by Gasteiger charge is -2.21. The van der Waals surface area contributed by atoms with E-state index in [1.54, 1.807) is 0 Å². The minimum atomic E-state index is -0.00407. The van der Waals surface area contributed by atoms with Gasteiger partial charge in [-0.05, 0) is 25.3 Å². The predicted molar refractivity (Wildman–Crippen MR) is 89.5 cm³/mol. The van der Waals surface area contributed by atoms with E-state index >= 15 is 0 Å². The third kappa shape index (κ3) is 3.38. The average Bonchev–Trinajstić information content (AvgIpc) is 2.81. The summed E-state index contributed by atoms with van der Waals surface area (Å²) in [5.74, 6) is 0.737. The van der Waals surface area contributed by atoms with Gasteiger partial charge in [0.2, 0.25) is 5.95 Å². The number of nitrogens with zero attached hydrogens (tertiary/aromatic N) is 2. The van der Waals surface area contributed by atoms with E-state index in [-0.39, 0.29) is 5.56 Å². The van der Waals surface area contributed by atoms with Crippen LogP contribution >= 0.6 is 0 Å². The first kappa shape index (κ1) is 14.8. The molecule has 116 valence electrons. The molecule has 4 heteroatoms. The number of aromatic nitrogens is 2. The Balaban J connectivity index is 1.86. The van der Waals surface area contributed by atoms with Gasteiger partial charge in [0, 0.05) is 25.1 Å². The Labute approximate surface area is 131 Å². The highest BCUT2D eigenvalue weighted by molar-refractivity contribution is 5.35. The quantitative estimate of drug-likeness (QED) is 0.947. The molecule has 1 fully saturated rings. The number of aromatic amines is 1. The molecule has 1 aromatic carbocycles. The lowest BCUT2D eigenvalue weighted by Crippen LogP contribution is -2.30. The van der Waals surface area contributed by atoms with Gasteiger partial charge in [0.15, 0.2) is 0 Å². The van der Waals surface area contributed by atoms with Gasteiger partial charge in [0.25, 0.3) is 5.56 Å². The molecule has 0 aliphatic carbocycles. The first-order valence-corrected chi connectivity index (χ1v) is 8.13. The summed E-state index contributed by atoms with van der Waals surface area (Å²) in [4.78, 5) is 22.3. The van der Waals surface area contributed by atoms with Gasteiger partial charge < -0.3 is 4.90 Å². The third-order valence-electron chi connectivity index (χ3n) is 4.34. The van der Waals surface area contributed by atoms with Crippen molar-refractivity contribution >= 4 is 5.95 Å². The van der Waals surface area contributed by atoms with Gasteiger partial charge in [-0.1, -0.05) is 43.2 Å². The van der Waals surface area contributed by atoms with E-state index in [9.17, 15) is 4.79 Å². The van der Waals surface area contributed by atoms with Crippen molar-refractivity contribution in [3.63, 3.8) is 0 Å². The molecule has 4 nitrogen and oxygen atoms in total. The van der Waals surface area contributed by atoms with Crippen molar-refractivity contribution in [2.75, 3.05) is 18.0 Å². The van der Waals surface area contributed by atoms with Crippen LogP contribution in [-0.2, 0) is 6.42 Å². The standard InChI is InChI=1S/C18H23N3O/c1-14-16(13-15-9-5-4-6-10-15)17(22)20-18(19-14)21-11-7-2-3-8-12-21/h4-6,9-10H,2-3,7-8,11-13H2,1H3,(H,19,20,22). The number of anilines is 1. The molecule has 0 unspecified atom stereocenters. The maximum atomic E-state index is 12.5. The van der Waals surface area contributed by atoms with Gasteiger partial charge in [0.05, 0.1) is 5.69 Å². The molecule has 1 aliphatic heterocycles. The monoisotopic (exact) mass is 297 g/mol. The Morgan fingerprint density at radius 3 is 2.41 bits per heavy atom. The molecule has 3 rings (SSSR count). The van der Waals surface area contributed by atoms with Crippen LogP contribution in [0.15, 0.2) is 35.1 Å². The topological polar surface area (TPSA) is 49.0 Å². The summed E-state index contributed by atoms with van der Waals surface area (Å²) in [6.45, 7) is 3.91. The van der Waals surface area contributed by atoms with Crippen LogP contribution in [0.3, 0.4) is 0 Å². The molecule has 1 saturated heterocycles. The molecule has 1 aliphatic rings. The Bertz CT molecular complexity index is 670. The molecule has 2 aromatic rings. The van der Waals surface area contributed by atoms with Gasteiger partial charge in [-0.25, -0.2) is 4.98 Å². The zero-order valence-electron chi connectivity index (χ0n) is 13.1. The Morgan fingerprint density at radius 2 is 1.77 bits per heavy atom. The molecule has 0 atom stereocenters. The van der Waals surface area contributed by atoms with Crippen molar-refractivity contribution in [3.05, 3.63) is 57.5 Å². The van der Waals surface area contributed by atoms with Crippen LogP contribution in [-0.4, -0.2) is 23.1 Å². The molecule has 22 heavy (non-hydrogen) atoms. The zero-order chi connectivity index (χ0) is 15.4. The molecule has 0 saturated carbocycles. The van der Waals surface area contributed by atoms with Crippen LogP contribution in [0.2, 0.25) is 0 Å². The van der Waals surface area contributed by atoms with Crippen LogP contribution in [0.25, 0.3) is 0 Å². The number of hydrogen-bond acceptors (Lipinski definition) is 3. The SMILES string of the molecule is Cc1nc(N2CCCCCC2)[nH]c(=O)c1Cc1ccccc1. The number of aryl methyl sites for hydroxylation is 1. The summed E-state index contributed by atoms with van der Waals surface area (Å²) in [6, 6.07) is 10.1. The van der Waals surface area contributed by atoms with Crippen molar-refractivity contribution in [1.29, 1.82) is 0 Å². The Morgan fingerprint density at radius 1 is 1.09 bits per heavy atom. The van der Waals surface area contributed by atoms with Crippen LogP contribution in [0, 0.1) is 6.92 Å². The number of rotatable bonds is 3. The molecule has 2 heterocycles. The maximum absolute atomic E-state index is 12.5. The van der Waals surface area contributed by atoms with E-state index in [1.807, 2.05) is 37.3 Å². The molecular weight excluding hydrogens is 274 g/mol. The summed E-state index contributed by atoms with van der Waals surface area (Å²) >= 11 is 0. The molecule has 0 amide bonds. The average molecular weight is 297 g/mol. The van der Waals surface area contributed by atoms with Crippen molar-refractivity contribution in [2.45, 2.75) is 39.0 Å². The normalized spacial score (nSPS) is 15.6. The number of hydrogen-bond donors (Lipinski definition) is 1. The Kier molecular flexibility index (Phi) is 4.56. The predicted octanol–water partition coefficient (Wildman–Crippen LogP) is 3.05. The van der Waals surface area contributed by atoms with Gasteiger partial charge in [-0.3, -0.25) is 9.78 Å². The third-order valence-corrected chi connectivity index (χ3v) is 4.34. The second-order valence-corrected chi connectivity index (χ2v) is 6.02. The van der Waals surface area contributed by atoms with Gasteiger partial charge in [-0.15, -0.1) is 0 Å². The van der Waals surface area contributed by atoms with E-state index in [2.05, 4.69) is 14.9 Å². The summed E-state index contributed by atoms with van der Waals surface area (Å²) in [6.07, 6.45) is 5.52. The highest BCUT2D eigenvalue weighted by Gasteiger charge is 2.15. The number of benzene rings is 1. The van der Waals surface area contributed by atoms with Crippen LogP contribution in [0.1, 0.15) is 42.5 Å². The van der Waals surface area contributed by atoms with Gasteiger partial charge >= 0.3 is 0 Å². The first-order chi connectivity index (χ1) is 10.7. The minimum absolute atomic E-state index is 0.00407. The number of H-pyrrole nitrogens is 1. The van der Waals surface area contributed by atoms with E-state index in [0.717, 1.165) is 35.9 Å². The van der Waals surface area contributed by atoms with E-state index in [4.69, 9.17) is 0 Å². The van der Waals surface area contributed by atoms with Crippen LogP contribution < -0.4 is 10.5 Å². The fourth-order valence-electron chi connectivity index (χ4n) is 3.04. The molecule has 0 bridgehead atoms. The maximum Gasteiger partial charge on any atom is 0.256 e. The van der Waals surface area contributed by atoms with Crippen molar-refractivity contribution in [2.24, 2.45) is 0 Å². The van der Waals surface area contributed by atoms with Crippen LogP contribution in [0.5, 0.6) is 0 Å². The first-order valence-electron chi connectivity index (χ1n) is 8.13. The molecule has 1 aromatic heterocycles. The highest BCUT2D eigenvalue weighted by atomic mass is 16.1. The van der Waals surface area contributed by atoms with Crippen molar-refractivity contribution in [3.8, 4) is 0 Å². The highest BCUT2D eigenvalue weighted by Crippen LogP contribution is 2.16. The zero-order valence-corrected chi connectivity index (χ0v) is 13.1. The molecule has 0 radical (unpaired) electrons. The van der Waals surface area contributed by atoms with E-state index in [0.29, 0.717) is 6.42 Å². The summed E-state index contributed by atoms with van der Waals surface area (Å²) < 4.78 is 0. The second kappa shape index (κ2) is 6.77. The van der Waals surface area contributed by atoms with Gasteiger partial charge in [-0.2, -0.15) is 0 Å². The fourth-order valence-corrected chi connectivity index (χ4v) is 3.04. The summed E-state index contributed by atoms with van der Waals surface area (Å²) in [5, 5.41) is 0. The van der Waals surface area contributed by atoms with Crippen molar-refractivity contribution in [1.82, 2.24) is 9.97 Å². The number of nitrogens with one attached hydrogen (secondary N) is 1. The van der Waals surface area contributed by atoms with Crippen molar-refractivity contribution < 1.29 is 0 Å². The molecular formula is C18H23N3O. The molecule has 1 N–H and O–H groups in total.